The summed E-state index contributed by atoms with van der Waals surface area (Å²) in [6.45, 7) is 7.59. The number of aryl methyl sites for hydroxylation is 3. The summed E-state index contributed by atoms with van der Waals surface area (Å²) in [6, 6.07) is 23.3. The predicted octanol–water partition coefficient (Wildman–Crippen LogP) is 6.63. The summed E-state index contributed by atoms with van der Waals surface area (Å²) >= 11 is 1.36. The van der Waals surface area contributed by atoms with E-state index in [1.807, 2.05) is 86.8 Å². The van der Waals surface area contributed by atoms with Crippen molar-refractivity contribution in [2.45, 2.75) is 40.2 Å². The maximum absolute atomic E-state index is 13.2. The van der Waals surface area contributed by atoms with E-state index in [-0.39, 0.29) is 18.5 Å². The lowest BCUT2D eigenvalue weighted by Crippen LogP contribution is -2.24. The fourth-order valence-electron chi connectivity index (χ4n) is 4.36. The summed E-state index contributed by atoms with van der Waals surface area (Å²) in [5.41, 5.74) is 6.35. The van der Waals surface area contributed by atoms with Crippen LogP contribution >= 0.6 is 11.3 Å². The lowest BCUT2D eigenvalue weighted by molar-refractivity contribution is -0.145. The number of aromatic nitrogens is 1. The van der Waals surface area contributed by atoms with Crippen LogP contribution in [0.2, 0.25) is 0 Å². The number of hydrogen-bond acceptors (Lipinski definition) is 5. The standard InChI is InChI=1S/C29H28N2O3S/c1-19-15-20(2)27(21(3)16-19)31(22(4)32)29-30-25(18-35-29)17-34-28(33)26(23-11-7-5-8-12-23)24-13-9-6-10-14-24/h5-16,18,26H,17H2,1-4H3. The number of thiazole rings is 1. The molecule has 0 bridgehead atoms. The highest BCUT2D eigenvalue weighted by atomic mass is 32.1. The Labute approximate surface area is 210 Å². The van der Waals surface area contributed by atoms with Crippen LogP contribution in [0, 0.1) is 20.8 Å². The minimum absolute atomic E-state index is 0.0309. The highest BCUT2D eigenvalue weighted by Gasteiger charge is 2.25. The van der Waals surface area contributed by atoms with E-state index in [1.165, 1.54) is 18.3 Å². The zero-order valence-electron chi connectivity index (χ0n) is 20.3. The third-order valence-corrected chi connectivity index (χ3v) is 6.64. The van der Waals surface area contributed by atoms with Crippen molar-refractivity contribution in [3.05, 3.63) is 112 Å². The fourth-order valence-corrected chi connectivity index (χ4v) is 5.22. The maximum atomic E-state index is 13.2. The zero-order chi connectivity index (χ0) is 24.9. The fraction of sp³-hybridized carbons (Fsp3) is 0.207. The van der Waals surface area contributed by atoms with Crippen LogP contribution in [0.15, 0.2) is 78.2 Å². The molecule has 0 aliphatic carbocycles. The maximum Gasteiger partial charge on any atom is 0.318 e. The molecule has 1 amide bonds. The van der Waals surface area contributed by atoms with E-state index in [4.69, 9.17) is 4.74 Å². The van der Waals surface area contributed by atoms with E-state index in [0.29, 0.717) is 10.8 Å². The van der Waals surface area contributed by atoms with Gasteiger partial charge >= 0.3 is 5.97 Å². The Morgan fingerprint density at radius 1 is 0.914 bits per heavy atom. The normalized spacial score (nSPS) is 10.9. The molecule has 0 saturated heterocycles. The minimum atomic E-state index is -0.526. The summed E-state index contributed by atoms with van der Waals surface area (Å²) in [6.07, 6.45) is 0. The average molecular weight is 485 g/mol. The van der Waals surface area contributed by atoms with E-state index < -0.39 is 5.92 Å². The van der Waals surface area contributed by atoms with Crippen molar-refractivity contribution >= 4 is 34.0 Å². The van der Waals surface area contributed by atoms with Gasteiger partial charge in [0, 0.05) is 12.3 Å². The van der Waals surface area contributed by atoms with Crippen LogP contribution in [0.1, 0.15) is 46.4 Å². The highest BCUT2D eigenvalue weighted by Crippen LogP contribution is 2.35. The van der Waals surface area contributed by atoms with Crippen molar-refractivity contribution in [3.8, 4) is 0 Å². The first-order valence-electron chi connectivity index (χ1n) is 11.4. The molecule has 0 unspecified atom stereocenters. The Balaban J connectivity index is 1.55. The second kappa shape index (κ2) is 10.7. The SMILES string of the molecule is CC(=O)N(c1nc(COC(=O)C(c2ccccc2)c2ccccc2)cs1)c1c(C)cc(C)cc1C. The number of hydrogen-bond donors (Lipinski definition) is 0. The van der Waals surface area contributed by atoms with Crippen LogP contribution in [-0.2, 0) is 20.9 Å². The van der Waals surface area contributed by atoms with Crippen molar-refractivity contribution in [3.63, 3.8) is 0 Å². The molecule has 3 aromatic carbocycles. The molecule has 0 radical (unpaired) electrons. The molecular formula is C29H28N2O3S. The van der Waals surface area contributed by atoms with Crippen LogP contribution in [0.4, 0.5) is 10.8 Å². The molecule has 0 aliphatic heterocycles. The molecule has 4 aromatic rings. The molecule has 1 aromatic heterocycles. The van der Waals surface area contributed by atoms with Crippen LogP contribution in [0.3, 0.4) is 0 Å². The number of nitrogens with zero attached hydrogens (tertiary/aromatic N) is 2. The number of benzene rings is 3. The van der Waals surface area contributed by atoms with Gasteiger partial charge in [-0.1, -0.05) is 78.4 Å². The van der Waals surface area contributed by atoms with Crippen LogP contribution in [-0.4, -0.2) is 16.9 Å². The van der Waals surface area contributed by atoms with E-state index in [2.05, 4.69) is 17.1 Å². The molecule has 0 saturated carbocycles. The van der Waals surface area contributed by atoms with E-state index in [0.717, 1.165) is 33.5 Å². The van der Waals surface area contributed by atoms with Gasteiger partial charge in [-0.05, 0) is 43.0 Å². The van der Waals surface area contributed by atoms with Crippen LogP contribution in [0.25, 0.3) is 0 Å². The van der Waals surface area contributed by atoms with Gasteiger partial charge in [0.2, 0.25) is 5.91 Å². The Morgan fingerprint density at radius 3 is 1.97 bits per heavy atom. The number of amides is 1. The second-order valence-electron chi connectivity index (χ2n) is 8.59. The van der Waals surface area contributed by atoms with Crippen LogP contribution < -0.4 is 4.90 Å². The largest absolute Gasteiger partial charge is 0.458 e. The van der Waals surface area contributed by atoms with Crippen molar-refractivity contribution < 1.29 is 14.3 Å². The molecule has 1 heterocycles. The van der Waals surface area contributed by atoms with Gasteiger partial charge in [-0.25, -0.2) is 4.98 Å². The summed E-state index contributed by atoms with van der Waals surface area (Å²) in [4.78, 5) is 32.1. The molecule has 0 spiro atoms. The van der Waals surface area contributed by atoms with E-state index in [1.54, 1.807) is 4.90 Å². The number of carbonyl (C=O) groups excluding carboxylic acids is 2. The molecule has 0 aliphatic rings. The van der Waals surface area contributed by atoms with E-state index >= 15 is 0 Å². The number of esters is 1. The highest BCUT2D eigenvalue weighted by molar-refractivity contribution is 7.14. The average Bonchev–Trinajstić information content (AvgIpc) is 3.29. The van der Waals surface area contributed by atoms with Gasteiger partial charge in [-0.2, -0.15) is 0 Å². The van der Waals surface area contributed by atoms with Crippen LogP contribution in [0.5, 0.6) is 0 Å². The molecule has 178 valence electrons. The molecule has 0 N–H and O–H groups in total. The first-order chi connectivity index (χ1) is 16.8. The summed E-state index contributed by atoms with van der Waals surface area (Å²) < 4.78 is 5.72. The van der Waals surface area contributed by atoms with Gasteiger partial charge in [-0.3, -0.25) is 14.5 Å². The molecular weight excluding hydrogens is 456 g/mol. The zero-order valence-corrected chi connectivity index (χ0v) is 21.1. The quantitative estimate of drug-likeness (QED) is 0.276. The Kier molecular flexibility index (Phi) is 7.42. The van der Waals surface area contributed by atoms with Crippen molar-refractivity contribution in [2.75, 3.05) is 4.90 Å². The van der Waals surface area contributed by atoms with Gasteiger partial charge in [0.05, 0.1) is 11.4 Å². The molecule has 5 nitrogen and oxygen atoms in total. The Morgan fingerprint density at radius 2 is 1.46 bits per heavy atom. The summed E-state index contributed by atoms with van der Waals surface area (Å²) in [7, 11) is 0. The smallest absolute Gasteiger partial charge is 0.318 e. The summed E-state index contributed by atoms with van der Waals surface area (Å²) in [5.74, 6) is -0.987. The molecule has 0 atom stereocenters. The topological polar surface area (TPSA) is 59.5 Å². The first kappa shape index (κ1) is 24.4. The lowest BCUT2D eigenvalue weighted by atomic mass is 9.91. The van der Waals surface area contributed by atoms with Crippen molar-refractivity contribution in [1.29, 1.82) is 0 Å². The van der Waals surface area contributed by atoms with Gasteiger partial charge < -0.3 is 4.74 Å². The van der Waals surface area contributed by atoms with Gasteiger partial charge in [-0.15, -0.1) is 11.3 Å². The second-order valence-corrected chi connectivity index (χ2v) is 9.42. The molecule has 35 heavy (non-hydrogen) atoms. The van der Waals surface area contributed by atoms with Crippen molar-refractivity contribution in [1.82, 2.24) is 4.98 Å². The van der Waals surface area contributed by atoms with Crippen molar-refractivity contribution in [2.24, 2.45) is 0 Å². The third-order valence-electron chi connectivity index (χ3n) is 5.77. The number of ether oxygens (including phenoxy) is 1. The Bertz CT molecular complexity index is 1270. The molecule has 4 rings (SSSR count). The van der Waals surface area contributed by atoms with Gasteiger partial charge in [0.15, 0.2) is 5.13 Å². The van der Waals surface area contributed by atoms with Gasteiger partial charge in [0.1, 0.15) is 12.5 Å². The monoisotopic (exact) mass is 484 g/mol. The number of rotatable bonds is 7. The number of anilines is 2. The lowest BCUT2D eigenvalue weighted by Gasteiger charge is -2.23. The van der Waals surface area contributed by atoms with E-state index in [9.17, 15) is 9.59 Å². The first-order valence-corrected chi connectivity index (χ1v) is 12.3. The predicted molar refractivity (Wildman–Crippen MR) is 140 cm³/mol. The third kappa shape index (κ3) is 5.49. The Hall–Kier alpha value is -3.77. The minimum Gasteiger partial charge on any atom is -0.458 e. The van der Waals surface area contributed by atoms with Gasteiger partial charge in [0.25, 0.3) is 0 Å². The number of carbonyl (C=O) groups is 2. The molecule has 0 fully saturated rings. The summed E-state index contributed by atoms with van der Waals surface area (Å²) in [5, 5.41) is 2.39. The molecule has 6 heteroatoms.